The molecule has 92 valence electrons. The van der Waals surface area contributed by atoms with Crippen molar-refractivity contribution in [3.05, 3.63) is 29.8 Å². The topological polar surface area (TPSA) is 58.6 Å². The highest BCUT2D eigenvalue weighted by Gasteiger charge is 2.28. The molecule has 1 aliphatic rings. The third-order valence-corrected chi connectivity index (χ3v) is 2.95. The monoisotopic (exact) mass is 235 g/mol. The van der Waals surface area contributed by atoms with Crippen molar-refractivity contribution in [2.45, 2.75) is 26.1 Å². The normalized spacial score (nSPS) is 23.6. The summed E-state index contributed by atoms with van der Waals surface area (Å²) in [7, 11) is 0. The van der Waals surface area contributed by atoms with Crippen molar-refractivity contribution >= 4 is 11.6 Å². The Morgan fingerprint density at radius 2 is 2.41 bits per heavy atom. The van der Waals surface area contributed by atoms with E-state index in [1.165, 1.54) is 0 Å². The van der Waals surface area contributed by atoms with Gasteiger partial charge in [-0.15, -0.1) is 0 Å². The second-order valence-electron chi connectivity index (χ2n) is 4.42. The lowest BCUT2D eigenvalue weighted by Gasteiger charge is -2.10. The third kappa shape index (κ3) is 3.05. The van der Waals surface area contributed by atoms with Gasteiger partial charge in [-0.25, -0.2) is 0 Å². The molecule has 2 atom stereocenters. The van der Waals surface area contributed by atoms with Crippen LogP contribution in [0.15, 0.2) is 24.3 Å². The number of benzene rings is 1. The summed E-state index contributed by atoms with van der Waals surface area (Å²) < 4.78 is 5.37. The lowest BCUT2D eigenvalue weighted by Crippen LogP contribution is -2.23. The van der Waals surface area contributed by atoms with Crippen molar-refractivity contribution in [2.75, 3.05) is 11.9 Å². The Morgan fingerprint density at radius 3 is 3.06 bits per heavy atom. The van der Waals surface area contributed by atoms with Crippen molar-refractivity contribution in [3.8, 4) is 0 Å². The highest BCUT2D eigenvalue weighted by molar-refractivity contribution is 5.92. The minimum absolute atomic E-state index is 0.00978. The first-order chi connectivity index (χ1) is 8.19. The van der Waals surface area contributed by atoms with Gasteiger partial charge < -0.3 is 15.2 Å². The molecule has 1 aliphatic heterocycles. The zero-order valence-electron chi connectivity index (χ0n) is 9.85. The van der Waals surface area contributed by atoms with Crippen LogP contribution in [0.3, 0.4) is 0 Å². The molecule has 4 nitrogen and oxygen atoms in total. The van der Waals surface area contributed by atoms with Crippen LogP contribution in [-0.4, -0.2) is 23.7 Å². The number of aliphatic hydroxyl groups is 1. The number of rotatable bonds is 3. The Kier molecular flexibility index (Phi) is 3.76. The van der Waals surface area contributed by atoms with Gasteiger partial charge in [0.2, 0.25) is 5.91 Å². The molecule has 2 unspecified atom stereocenters. The van der Waals surface area contributed by atoms with E-state index in [0.29, 0.717) is 6.61 Å². The lowest BCUT2D eigenvalue weighted by atomic mass is 10.1. The third-order valence-electron chi connectivity index (χ3n) is 2.95. The number of hydrogen-bond donors (Lipinski definition) is 2. The van der Waals surface area contributed by atoms with Crippen molar-refractivity contribution in [1.82, 2.24) is 0 Å². The largest absolute Gasteiger partial charge is 0.392 e. The zero-order valence-corrected chi connectivity index (χ0v) is 9.85. The molecule has 0 aromatic heterocycles. The van der Waals surface area contributed by atoms with Gasteiger partial charge >= 0.3 is 0 Å². The van der Waals surface area contributed by atoms with Gasteiger partial charge in [0.1, 0.15) is 0 Å². The minimum atomic E-state index is -0.0669. The number of ether oxygens (including phenoxy) is 1. The summed E-state index contributed by atoms with van der Waals surface area (Å²) in [5.41, 5.74) is 1.51. The molecule has 2 N–H and O–H groups in total. The minimum Gasteiger partial charge on any atom is -0.392 e. The van der Waals surface area contributed by atoms with Gasteiger partial charge in [0.15, 0.2) is 0 Å². The smallest absolute Gasteiger partial charge is 0.229 e. The summed E-state index contributed by atoms with van der Waals surface area (Å²) in [5, 5.41) is 11.9. The van der Waals surface area contributed by atoms with Crippen LogP contribution in [0.5, 0.6) is 0 Å². The van der Waals surface area contributed by atoms with Crippen LogP contribution >= 0.6 is 0 Å². The summed E-state index contributed by atoms with van der Waals surface area (Å²) in [6.07, 6.45) is 0.931. The molecule has 1 saturated heterocycles. The molecular weight excluding hydrogens is 218 g/mol. The first kappa shape index (κ1) is 12.1. The zero-order chi connectivity index (χ0) is 12.3. The summed E-state index contributed by atoms with van der Waals surface area (Å²) in [4.78, 5) is 11.9. The molecule has 0 spiro atoms. The maximum atomic E-state index is 11.9. The summed E-state index contributed by atoms with van der Waals surface area (Å²) in [5.74, 6) is -0.0766. The molecule has 1 aromatic rings. The van der Waals surface area contributed by atoms with Crippen LogP contribution in [0.4, 0.5) is 5.69 Å². The SMILES string of the molecule is CC1CC(C(=O)Nc2cccc(CO)c2)CO1. The van der Waals surface area contributed by atoms with E-state index in [9.17, 15) is 4.79 Å². The number of aliphatic hydroxyl groups excluding tert-OH is 1. The summed E-state index contributed by atoms with van der Waals surface area (Å²) >= 11 is 0. The maximum Gasteiger partial charge on any atom is 0.229 e. The Labute approximate surface area is 101 Å². The number of hydrogen-bond acceptors (Lipinski definition) is 3. The molecule has 4 heteroatoms. The van der Waals surface area contributed by atoms with Gasteiger partial charge in [-0.1, -0.05) is 12.1 Å². The Hall–Kier alpha value is -1.39. The van der Waals surface area contributed by atoms with E-state index >= 15 is 0 Å². The van der Waals surface area contributed by atoms with E-state index in [2.05, 4.69) is 5.32 Å². The van der Waals surface area contributed by atoms with Crippen LogP contribution in [-0.2, 0) is 16.1 Å². The maximum absolute atomic E-state index is 11.9. The van der Waals surface area contributed by atoms with E-state index in [4.69, 9.17) is 9.84 Å². The number of anilines is 1. The Bertz CT molecular complexity index is 405. The van der Waals surface area contributed by atoms with Crippen LogP contribution < -0.4 is 5.32 Å². The molecule has 2 rings (SSSR count). The Balaban J connectivity index is 1.98. The fraction of sp³-hybridized carbons (Fsp3) is 0.462. The molecule has 1 fully saturated rings. The van der Waals surface area contributed by atoms with Crippen LogP contribution in [0, 0.1) is 5.92 Å². The van der Waals surface area contributed by atoms with E-state index in [0.717, 1.165) is 17.7 Å². The number of amides is 1. The van der Waals surface area contributed by atoms with Crippen molar-refractivity contribution < 1.29 is 14.6 Å². The van der Waals surface area contributed by atoms with Gasteiger partial charge in [-0.05, 0) is 31.0 Å². The molecule has 0 radical (unpaired) electrons. The van der Waals surface area contributed by atoms with Crippen LogP contribution in [0.1, 0.15) is 18.9 Å². The highest BCUT2D eigenvalue weighted by atomic mass is 16.5. The molecule has 0 saturated carbocycles. The molecule has 0 bridgehead atoms. The van der Waals surface area contributed by atoms with Gasteiger partial charge in [0.05, 0.1) is 25.2 Å². The van der Waals surface area contributed by atoms with E-state index < -0.39 is 0 Å². The molecule has 1 aromatic carbocycles. The van der Waals surface area contributed by atoms with Gasteiger partial charge in [-0.3, -0.25) is 4.79 Å². The Morgan fingerprint density at radius 1 is 1.59 bits per heavy atom. The molecule has 0 aliphatic carbocycles. The van der Waals surface area contributed by atoms with E-state index in [1.54, 1.807) is 6.07 Å². The first-order valence-corrected chi connectivity index (χ1v) is 5.81. The molecule has 1 heterocycles. The van der Waals surface area contributed by atoms with Gasteiger partial charge in [0.25, 0.3) is 0 Å². The van der Waals surface area contributed by atoms with E-state index in [1.807, 2.05) is 25.1 Å². The second kappa shape index (κ2) is 5.29. The predicted molar refractivity (Wildman–Crippen MR) is 64.5 cm³/mol. The second-order valence-corrected chi connectivity index (χ2v) is 4.42. The number of carbonyl (C=O) groups is 1. The van der Waals surface area contributed by atoms with Gasteiger partial charge in [-0.2, -0.15) is 0 Å². The van der Waals surface area contributed by atoms with Crippen molar-refractivity contribution in [1.29, 1.82) is 0 Å². The summed E-state index contributed by atoms with van der Waals surface area (Å²) in [6.45, 7) is 2.44. The van der Waals surface area contributed by atoms with Crippen molar-refractivity contribution in [3.63, 3.8) is 0 Å². The fourth-order valence-electron chi connectivity index (χ4n) is 1.99. The average Bonchev–Trinajstić information content (AvgIpc) is 2.76. The predicted octanol–water partition coefficient (Wildman–Crippen LogP) is 1.54. The van der Waals surface area contributed by atoms with Crippen LogP contribution in [0.25, 0.3) is 0 Å². The molecule has 1 amide bonds. The first-order valence-electron chi connectivity index (χ1n) is 5.81. The number of carbonyl (C=O) groups excluding carboxylic acids is 1. The van der Waals surface area contributed by atoms with E-state index in [-0.39, 0.29) is 24.5 Å². The lowest BCUT2D eigenvalue weighted by molar-refractivity contribution is -0.119. The van der Waals surface area contributed by atoms with Crippen molar-refractivity contribution in [2.24, 2.45) is 5.92 Å². The highest BCUT2D eigenvalue weighted by Crippen LogP contribution is 2.21. The fourth-order valence-corrected chi connectivity index (χ4v) is 1.99. The van der Waals surface area contributed by atoms with Gasteiger partial charge in [0, 0.05) is 5.69 Å². The average molecular weight is 235 g/mol. The van der Waals surface area contributed by atoms with Crippen LogP contribution in [0.2, 0.25) is 0 Å². The number of nitrogens with one attached hydrogen (secondary N) is 1. The molecular formula is C13H17NO3. The standard InChI is InChI=1S/C13H17NO3/c1-9-5-11(8-17-9)13(16)14-12-4-2-3-10(6-12)7-15/h2-4,6,9,11,15H,5,7-8H2,1H3,(H,14,16). The molecule has 17 heavy (non-hydrogen) atoms. The quantitative estimate of drug-likeness (QED) is 0.835. The summed E-state index contributed by atoms with van der Waals surface area (Å²) in [6, 6.07) is 7.22.